The predicted octanol–water partition coefficient (Wildman–Crippen LogP) is 2.08. The average Bonchev–Trinajstić information content (AvgIpc) is 3.01. The maximum atomic E-state index is 11.7. The van der Waals surface area contributed by atoms with Gasteiger partial charge in [-0.1, -0.05) is 0 Å². The minimum absolute atomic E-state index is 0.189. The SMILES string of the molecule is Cn1c(CCCC(=O)OCC(O)CO)nc2cc(N(CCCl)CCCl)ccc21. The molecule has 1 aromatic heterocycles. The summed E-state index contributed by atoms with van der Waals surface area (Å²) in [5, 5.41) is 17.9. The Morgan fingerprint density at radius 2 is 2.04 bits per heavy atom. The number of esters is 1. The number of aliphatic hydroxyl groups excluding tert-OH is 2. The van der Waals surface area contributed by atoms with Crippen LogP contribution in [0.4, 0.5) is 5.69 Å². The molecule has 2 aromatic rings. The fraction of sp³-hybridized carbons (Fsp3) is 0.579. The largest absolute Gasteiger partial charge is 0.463 e. The van der Waals surface area contributed by atoms with Crippen LogP contribution >= 0.6 is 23.2 Å². The Morgan fingerprint density at radius 1 is 1.32 bits per heavy atom. The van der Waals surface area contributed by atoms with Crippen molar-refractivity contribution in [3.05, 3.63) is 24.0 Å². The smallest absolute Gasteiger partial charge is 0.305 e. The van der Waals surface area contributed by atoms with Gasteiger partial charge in [0.15, 0.2) is 0 Å². The Morgan fingerprint density at radius 3 is 2.68 bits per heavy atom. The van der Waals surface area contributed by atoms with E-state index in [1.54, 1.807) is 0 Å². The number of anilines is 1. The van der Waals surface area contributed by atoms with E-state index in [0.29, 0.717) is 37.7 Å². The van der Waals surface area contributed by atoms with Gasteiger partial charge in [-0.15, -0.1) is 23.2 Å². The number of benzene rings is 1. The van der Waals surface area contributed by atoms with Crippen molar-refractivity contribution < 1.29 is 19.7 Å². The molecule has 1 heterocycles. The lowest BCUT2D eigenvalue weighted by atomic mass is 10.2. The molecule has 0 fully saturated rings. The van der Waals surface area contributed by atoms with Crippen LogP contribution in [0.15, 0.2) is 18.2 Å². The monoisotopic (exact) mass is 431 g/mol. The van der Waals surface area contributed by atoms with Crippen LogP contribution in [-0.2, 0) is 23.0 Å². The van der Waals surface area contributed by atoms with Crippen molar-refractivity contribution in [3.63, 3.8) is 0 Å². The molecule has 0 aliphatic heterocycles. The summed E-state index contributed by atoms with van der Waals surface area (Å²) in [6, 6.07) is 6.10. The van der Waals surface area contributed by atoms with Gasteiger partial charge in [-0.3, -0.25) is 4.79 Å². The van der Waals surface area contributed by atoms with Gasteiger partial charge in [0.2, 0.25) is 0 Å². The van der Waals surface area contributed by atoms with E-state index in [-0.39, 0.29) is 13.0 Å². The normalized spacial score (nSPS) is 12.3. The number of alkyl halides is 2. The molecule has 0 aliphatic carbocycles. The number of rotatable bonds is 12. The maximum absolute atomic E-state index is 11.7. The van der Waals surface area contributed by atoms with Crippen LogP contribution < -0.4 is 4.90 Å². The zero-order valence-electron chi connectivity index (χ0n) is 16.0. The molecule has 1 aromatic carbocycles. The molecule has 0 radical (unpaired) electrons. The van der Waals surface area contributed by atoms with Crippen LogP contribution in [-0.4, -0.2) is 69.9 Å². The van der Waals surface area contributed by atoms with Crippen LogP contribution in [0.3, 0.4) is 0 Å². The van der Waals surface area contributed by atoms with Crippen molar-refractivity contribution in [2.45, 2.75) is 25.4 Å². The first-order valence-corrected chi connectivity index (χ1v) is 10.3. The lowest BCUT2D eigenvalue weighted by Crippen LogP contribution is -2.27. The maximum Gasteiger partial charge on any atom is 0.305 e. The Hall–Kier alpha value is -1.54. The van der Waals surface area contributed by atoms with Gasteiger partial charge in [-0.25, -0.2) is 4.98 Å². The van der Waals surface area contributed by atoms with Crippen LogP contribution in [0.25, 0.3) is 11.0 Å². The number of imidazole rings is 1. The van der Waals surface area contributed by atoms with Gasteiger partial charge in [0.1, 0.15) is 18.5 Å². The van der Waals surface area contributed by atoms with E-state index in [9.17, 15) is 9.90 Å². The summed E-state index contributed by atoms with van der Waals surface area (Å²) >= 11 is 11.8. The summed E-state index contributed by atoms with van der Waals surface area (Å²) in [5.74, 6) is 1.53. The first-order chi connectivity index (χ1) is 13.5. The van der Waals surface area contributed by atoms with Crippen LogP contribution in [0.5, 0.6) is 0 Å². The van der Waals surface area contributed by atoms with E-state index in [1.165, 1.54) is 0 Å². The molecule has 0 amide bonds. The van der Waals surface area contributed by atoms with Crippen molar-refractivity contribution in [1.82, 2.24) is 9.55 Å². The number of fused-ring (bicyclic) bond motifs is 1. The summed E-state index contributed by atoms with van der Waals surface area (Å²) in [6.07, 6.45) is 0.412. The fourth-order valence-corrected chi connectivity index (χ4v) is 3.35. The summed E-state index contributed by atoms with van der Waals surface area (Å²) in [6.45, 7) is 0.812. The Kier molecular flexibility index (Phi) is 9.31. The molecule has 7 nitrogen and oxygen atoms in total. The van der Waals surface area contributed by atoms with Crippen LogP contribution in [0, 0.1) is 0 Å². The van der Waals surface area contributed by atoms with Gasteiger partial charge in [0.05, 0.1) is 17.6 Å². The zero-order valence-corrected chi connectivity index (χ0v) is 17.5. The molecule has 0 saturated heterocycles. The summed E-state index contributed by atoms with van der Waals surface area (Å²) in [4.78, 5) is 18.5. The first kappa shape index (κ1) is 22.7. The van der Waals surface area contributed by atoms with Crippen molar-refractivity contribution >= 4 is 45.9 Å². The number of nitrogens with zero attached hydrogens (tertiary/aromatic N) is 3. The third-order valence-corrected chi connectivity index (χ3v) is 4.80. The number of aliphatic hydroxyl groups is 2. The lowest BCUT2D eigenvalue weighted by molar-refractivity contribution is -0.147. The molecule has 0 bridgehead atoms. The van der Waals surface area contributed by atoms with Crippen molar-refractivity contribution in [3.8, 4) is 0 Å². The number of hydrogen-bond donors (Lipinski definition) is 2. The highest BCUT2D eigenvalue weighted by Crippen LogP contribution is 2.23. The van der Waals surface area contributed by atoms with E-state index in [4.69, 9.17) is 38.0 Å². The van der Waals surface area contributed by atoms with E-state index in [1.807, 2.05) is 29.8 Å². The number of ether oxygens (including phenoxy) is 1. The predicted molar refractivity (Wildman–Crippen MR) is 111 cm³/mol. The fourth-order valence-electron chi connectivity index (χ4n) is 2.94. The lowest BCUT2D eigenvalue weighted by Gasteiger charge is -2.22. The van der Waals surface area contributed by atoms with Gasteiger partial charge in [0.25, 0.3) is 0 Å². The van der Waals surface area contributed by atoms with Gasteiger partial charge in [-0.2, -0.15) is 0 Å². The van der Waals surface area contributed by atoms with Crippen LogP contribution in [0.1, 0.15) is 18.7 Å². The first-order valence-electron chi connectivity index (χ1n) is 9.27. The minimum Gasteiger partial charge on any atom is -0.463 e. The molecule has 2 N–H and O–H groups in total. The summed E-state index contributed by atoms with van der Waals surface area (Å²) in [5.41, 5.74) is 2.94. The Bertz CT molecular complexity index is 763. The van der Waals surface area contributed by atoms with Crippen molar-refractivity contribution in [1.29, 1.82) is 0 Å². The number of hydrogen-bond acceptors (Lipinski definition) is 6. The molecular formula is C19H27Cl2N3O4. The summed E-state index contributed by atoms with van der Waals surface area (Å²) < 4.78 is 6.93. The Labute approximate surface area is 174 Å². The van der Waals surface area contributed by atoms with Crippen molar-refractivity contribution in [2.24, 2.45) is 7.05 Å². The second-order valence-corrected chi connectivity index (χ2v) is 7.25. The highest BCUT2D eigenvalue weighted by atomic mass is 35.5. The van der Waals surface area contributed by atoms with Gasteiger partial charge in [-0.05, 0) is 24.6 Å². The van der Waals surface area contributed by atoms with E-state index in [2.05, 4.69) is 4.90 Å². The molecule has 1 unspecified atom stereocenters. The second kappa shape index (κ2) is 11.5. The average molecular weight is 432 g/mol. The third-order valence-electron chi connectivity index (χ3n) is 4.46. The number of aryl methyl sites for hydroxylation is 2. The zero-order chi connectivity index (χ0) is 20.5. The standard InChI is InChI=1S/C19H27Cl2N3O4/c1-23-17-6-5-14(24(9-7-20)10-8-21)11-16(17)22-18(23)3-2-4-19(27)28-13-15(26)12-25/h5-6,11,15,25-26H,2-4,7-10,12-13H2,1H3. The number of aromatic nitrogens is 2. The highest BCUT2D eigenvalue weighted by molar-refractivity contribution is 6.18. The molecular weight excluding hydrogens is 405 g/mol. The molecule has 2 rings (SSSR count). The van der Waals surface area contributed by atoms with E-state index < -0.39 is 18.7 Å². The van der Waals surface area contributed by atoms with E-state index in [0.717, 1.165) is 22.5 Å². The molecule has 9 heteroatoms. The Balaban J connectivity index is 2.00. The molecule has 0 aliphatic rings. The molecule has 0 saturated carbocycles. The highest BCUT2D eigenvalue weighted by Gasteiger charge is 2.13. The molecule has 156 valence electrons. The van der Waals surface area contributed by atoms with Crippen molar-refractivity contribution in [2.75, 3.05) is 43.0 Å². The third kappa shape index (κ3) is 6.24. The van der Waals surface area contributed by atoms with E-state index >= 15 is 0 Å². The topological polar surface area (TPSA) is 87.8 Å². The number of carbonyl (C=O) groups is 1. The minimum atomic E-state index is -1.03. The molecule has 0 spiro atoms. The summed E-state index contributed by atoms with van der Waals surface area (Å²) in [7, 11) is 1.95. The molecule has 1 atom stereocenters. The number of carbonyl (C=O) groups excluding carboxylic acids is 1. The quantitative estimate of drug-likeness (QED) is 0.395. The number of halogens is 2. The molecule has 28 heavy (non-hydrogen) atoms. The second-order valence-electron chi connectivity index (χ2n) is 6.50. The van der Waals surface area contributed by atoms with Gasteiger partial charge in [0, 0.05) is 50.4 Å². The van der Waals surface area contributed by atoms with Gasteiger partial charge < -0.3 is 24.4 Å². The van der Waals surface area contributed by atoms with Crippen LogP contribution in [0.2, 0.25) is 0 Å². The van der Waals surface area contributed by atoms with Gasteiger partial charge >= 0.3 is 5.97 Å².